The van der Waals surface area contributed by atoms with Crippen LogP contribution in [0.1, 0.15) is 45.1 Å². The minimum absolute atomic E-state index is 0.135. The molecule has 0 aromatic heterocycles. The van der Waals surface area contributed by atoms with E-state index in [1.165, 1.54) is 19.1 Å². The number of amides is 3. The molecule has 1 aliphatic rings. The van der Waals surface area contributed by atoms with E-state index in [0.29, 0.717) is 30.6 Å². The summed E-state index contributed by atoms with van der Waals surface area (Å²) in [5.74, 6) is 0.0240. The molecule has 1 N–H and O–H groups in total. The first kappa shape index (κ1) is 20.9. The van der Waals surface area contributed by atoms with Crippen molar-refractivity contribution in [3.05, 3.63) is 23.8 Å². The number of nitrogens with zero attached hydrogens (tertiary/aromatic N) is 2. The van der Waals surface area contributed by atoms with Crippen molar-refractivity contribution in [2.45, 2.75) is 51.0 Å². The lowest BCUT2D eigenvalue weighted by Gasteiger charge is -2.31. The van der Waals surface area contributed by atoms with Crippen LogP contribution in [0.2, 0.25) is 0 Å². The Morgan fingerprint density at radius 1 is 1.37 bits per heavy atom. The Hall–Kier alpha value is -2.42. The summed E-state index contributed by atoms with van der Waals surface area (Å²) in [6.45, 7) is 3.85. The van der Waals surface area contributed by atoms with Crippen molar-refractivity contribution in [3.8, 4) is 5.75 Å². The SMILES string of the molecule is CCCC(C)N(C(=O)NC)C(=O)C1(c2ccc(OC)c(N=S(=O)=O)c2)CC1. The maximum absolute atomic E-state index is 13.3. The van der Waals surface area contributed by atoms with Crippen molar-refractivity contribution in [1.29, 1.82) is 0 Å². The molecule has 1 aliphatic carbocycles. The lowest BCUT2D eigenvalue weighted by atomic mass is 9.92. The second kappa shape index (κ2) is 8.51. The van der Waals surface area contributed by atoms with Gasteiger partial charge >= 0.3 is 16.5 Å². The zero-order valence-corrected chi connectivity index (χ0v) is 16.8. The van der Waals surface area contributed by atoms with Crippen molar-refractivity contribution in [3.63, 3.8) is 0 Å². The number of methoxy groups -OCH3 is 1. The van der Waals surface area contributed by atoms with E-state index in [4.69, 9.17) is 4.74 Å². The zero-order valence-electron chi connectivity index (χ0n) is 16.0. The molecule has 1 atom stereocenters. The van der Waals surface area contributed by atoms with Crippen LogP contribution in [0.15, 0.2) is 22.6 Å². The summed E-state index contributed by atoms with van der Waals surface area (Å²) in [4.78, 5) is 27.0. The molecule has 3 amide bonds. The number of imide groups is 1. The molecule has 1 fully saturated rings. The first-order valence-corrected chi connectivity index (χ1v) is 9.89. The monoisotopic (exact) mass is 395 g/mol. The molecule has 0 heterocycles. The van der Waals surface area contributed by atoms with Crippen LogP contribution in [0.5, 0.6) is 5.75 Å². The van der Waals surface area contributed by atoms with E-state index in [-0.39, 0.29) is 17.6 Å². The molecule has 1 unspecified atom stereocenters. The largest absolute Gasteiger partial charge is 0.494 e. The van der Waals surface area contributed by atoms with Crippen LogP contribution < -0.4 is 10.1 Å². The highest BCUT2D eigenvalue weighted by Crippen LogP contribution is 2.51. The average molecular weight is 395 g/mol. The first-order chi connectivity index (χ1) is 12.8. The summed E-state index contributed by atoms with van der Waals surface area (Å²) in [5.41, 5.74) is -0.0688. The Bertz CT molecular complexity index is 854. The van der Waals surface area contributed by atoms with Crippen LogP contribution in [0.25, 0.3) is 0 Å². The van der Waals surface area contributed by atoms with Gasteiger partial charge in [0, 0.05) is 13.1 Å². The number of hydrogen-bond acceptors (Lipinski definition) is 6. The number of rotatable bonds is 7. The average Bonchev–Trinajstić information content (AvgIpc) is 3.43. The van der Waals surface area contributed by atoms with E-state index in [1.807, 2.05) is 13.8 Å². The minimum atomic E-state index is -2.65. The Balaban J connectivity index is 2.46. The highest BCUT2D eigenvalue weighted by Gasteiger charge is 2.54. The molecule has 0 bridgehead atoms. The Morgan fingerprint density at radius 2 is 2.04 bits per heavy atom. The topological polar surface area (TPSA) is 105 Å². The van der Waals surface area contributed by atoms with Gasteiger partial charge in [-0.1, -0.05) is 19.4 Å². The highest BCUT2D eigenvalue weighted by molar-refractivity contribution is 7.61. The van der Waals surface area contributed by atoms with Gasteiger partial charge in [0.25, 0.3) is 0 Å². The normalized spacial score (nSPS) is 15.4. The van der Waals surface area contributed by atoms with Gasteiger partial charge in [-0.15, -0.1) is 4.36 Å². The summed E-state index contributed by atoms with van der Waals surface area (Å²) < 4.78 is 30.7. The summed E-state index contributed by atoms with van der Waals surface area (Å²) in [6.07, 6.45) is 2.72. The molecule has 2 rings (SSSR count). The molecule has 0 saturated heterocycles. The minimum Gasteiger partial charge on any atom is -0.494 e. The lowest BCUT2D eigenvalue weighted by Crippen LogP contribution is -2.51. The van der Waals surface area contributed by atoms with Gasteiger partial charge in [0.1, 0.15) is 11.4 Å². The number of carbonyl (C=O) groups excluding carboxylic acids is 2. The van der Waals surface area contributed by atoms with Crippen LogP contribution in [0.4, 0.5) is 10.5 Å². The number of benzene rings is 1. The fourth-order valence-electron chi connectivity index (χ4n) is 3.28. The third-order valence-electron chi connectivity index (χ3n) is 4.86. The molecule has 1 saturated carbocycles. The van der Waals surface area contributed by atoms with E-state index in [2.05, 4.69) is 9.68 Å². The number of nitrogens with one attached hydrogen (secondary N) is 1. The molecule has 148 valence electrons. The molecule has 1 aromatic rings. The zero-order chi connectivity index (χ0) is 20.2. The molecule has 27 heavy (non-hydrogen) atoms. The van der Waals surface area contributed by atoms with E-state index in [9.17, 15) is 18.0 Å². The molecule has 0 spiro atoms. The second-order valence-corrected chi connectivity index (χ2v) is 7.26. The van der Waals surface area contributed by atoms with Gasteiger partial charge in [-0.2, -0.15) is 8.42 Å². The van der Waals surface area contributed by atoms with Crippen molar-refractivity contribution >= 4 is 28.1 Å². The highest BCUT2D eigenvalue weighted by atomic mass is 32.2. The molecule has 0 radical (unpaired) electrons. The van der Waals surface area contributed by atoms with Gasteiger partial charge in [0.05, 0.1) is 12.5 Å². The van der Waals surface area contributed by atoms with Crippen molar-refractivity contribution in [2.24, 2.45) is 4.36 Å². The van der Waals surface area contributed by atoms with Gasteiger partial charge in [0.2, 0.25) is 5.91 Å². The van der Waals surface area contributed by atoms with Crippen molar-refractivity contribution in [2.75, 3.05) is 14.2 Å². The van der Waals surface area contributed by atoms with Crippen LogP contribution in [-0.2, 0) is 20.7 Å². The number of ether oxygens (including phenoxy) is 1. The van der Waals surface area contributed by atoms with Gasteiger partial charge in [-0.3, -0.25) is 9.69 Å². The van der Waals surface area contributed by atoms with Gasteiger partial charge in [-0.05, 0) is 43.9 Å². The first-order valence-electron chi connectivity index (χ1n) is 8.85. The van der Waals surface area contributed by atoms with Crippen LogP contribution in [0.3, 0.4) is 0 Å². The molecule has 0 aliphatic heterocycles. The molecular formula is C18H25N3O5S. The van der Waals surface area contributed by atoms with Crippen molar-refractivity contribution in [1.82, 2.24) is 10.2 Å². The Morgan fingerprint density at radius 3 is 2.52 bits per heavy atom. The summed E-state index contributed by atoms with van der Waals surface area (Å²) >= 11 is 0. The number of carbonyl (C=O) groups is 2. The maximum Gasteiger partial charge on any atom is 0.324 e. The van der Waals surface area contributed by atoms with E-state index >= 15 is 0 Å². The maximum atomic E-state index is 13.3. The Labute approximate surface area is 160 Å². The molecule has 9 heteroatoms. The van der Waals surface area contributed by atoms with Crippen LogP contribution in [0, 0.1) is 0 Å². The quantitative estimate of drug-likeness (QED) is 0.764. The van der Waals surface area contributed by atoms with Gasteiger partial charge < -0.3 is 10.1 Å². The van der Waals surface area contributed by atoms with E-state index in [0.717, 1.165) is 6.42 Å². The standard InChI is InChI=1S/C18H25N3O5S/c1-5-6-12(2)21(17(23)19-3)16(22)18(9-10-18)13-7-8-15(26-4)14(11-13)20-27(24)25/h7-8,11-12H,5-6,9-10H2,1-4H3,(H,19,23). The lowest BCUT2D eigenvalue weighted by molar-refractivity contribution is -0.132. The molecule has 1 aromatic carbocycles. The molecule has 8 nitrogen and oxygen atoms in total. The predicted octanol–water partition coefficient (Wildman–Crippen LogP) is 2.78. The third kappa shape index (κ3) is 4.29. The molecular weight excluding hydrogens is 370 g/mol. The summed E-state index contributed by atoms with van der Waals surface area (Å²) in [5, 5.41) is 2.54. The van der Waals surface area contributed by atoms with Crippen LogP contribution in [-0.4, -0.2) is 45.5 Å². The smallest absolute Gasteiger partial charge is 0.324 e. The Kier molecular flexibility index (Phi) is 6.59. The third-order valence-corrected chi connectivity index (χ3v) is 5.21. The fraction of sp³-hybridized carbons (Fsp3) is 0.556. The van der Waals surface area contributed by atoms with Gasteiger partial charge in [0.15, 0.2) is 0 Å². The number of hydrogen-bond donors (Lipinski definition) is 1. The second-order valence-electron chi connectivity index (χ2n) is 6.65. The number of urea groups is 1. The van der Waals surface area contributed by atoms with Gasteiger partial charge in [-0.25, -0.2) is 4.79 Å². The van der Waals surface area contributed by atoms with E-state index in [1.54, 1.807) is 18.2 Å². The predicted molar refractivity (Wildman–Crippen MR) is 101 cm³/mol. The van der Waals surface area contributed by atoms with Crippen LogP contribution >= 0.6 is 0 Å². The van der Waals surface area contributed by atoms with Crippen molar-refractivity contribution < 1.29 is 22.7 Å². The fourth-order valence-corrected chi connectivity index (χ4v) is 3.58. The summed E-state index contributed by atoms with van der Waals surface area (Å²) in [7, 11) is 0.265. The summed E-state index contributed by atoms with van der Waals surface area (Å²) in [6, 6.07) is 4.19. The van der Waals surface area contributed by atoms with E-state index < -0.39 is 21.9 Å².